The van der Waals surface area contributed by atoms with Gasteiger partial charge in [-0.2, -0.15) is 0 Å². The smallest absolute Gasteiger partial charge is 0.137 e. The van der Waals surface area contributed by atoms with Crippen LogP contribution in [0.3, 0.4) is 0 Å². The van der Waals surface area contributed by atoms with Crippen molar-refractivity contribution in [3.8, 4) is 0 Å². The van der Waals surface area contributed by atoms with Crippen LogP contribution in [0.2, 0.25) is 0 Å². The highest BCUT2D eigenvalue weighted by Gasteiger charge is 2.46. The largest absolute Gasteiger partial charge is 0.378 e. The van der Waals surface area contributed by atoms with Gasteiger partial charge in [0.25, 0.3) is 0 Å². The van der Waals surface area contributed by atoms with Gasteiger partial charge in [0.05, 0.1) is 10.0 Å². The Kier molecular flexibility index (Phi) is 4.42. The van der Waals surface area contributed by atoms with Crippen LogP contribution in [-0.4, -0.2) is 12.1 Å². The van der Waals surface area contributed by atoms with Gasteiger partial charge in [0.15, 0.2) is 0 Å². The number of benzene rings is 1. The summed E-state index contributed by atoms with van der Waals surface area (Å²) in [6.45, 7) is 9.80. The first-order valence-corrected chi connectivity index (χ1v) is 8.29. The molecular weight excluding hydrogens is 331 g/mol. The summed E-state index contributed by atoms with van der Waals surface area (Å²) in [5.41, 5.74) is 7.41. The van der Waals surface area contributed by atoms with E-state index in [0.717, 1.165) is 18.5 Å². The van der Waals surface area contributed by atoms with Crippen LogP contribution in [0.4, 0.5) is 10.1 Å². The fourth-order valence-corrected chi connectivity index (χ4v) is 4.86. The number of hydrogen-bond donors (Lipinski definition) is 2. The number of rotatable bonds is 3. The first-order valence-electron chi connectivity index (χ1n) is 7.50. The van der Waals surface area contributed by atoms with Gasteiger partial charge < -0.3 is 11.1 Å². The second kappa shape index (κ2) is 5.54. The molecule has 0 radical (unpaired) electrons. The lowest BCUT2D eigenvalue weighted by Crippen LogP contribution is -2.55. The molecule has 4 heteroatoms. The monoisotopic (exact) mass is 356 g/mol. The molecule has 0 amide bonds. The van der Waals surface area contributed by atoms with E-state index in [0.29, 0.717) is 11.0 Å². The molecule has 1 aliphatic rings. The maximum atomic E-state index is 13.4. The van der Waals surface area contributed by atoms with Gasteiger partial charge in [0.2, 0.25) is 0 Å². The lowest BCUT2D eigenvalue weighted by Gasteiger charge is -2.52. The Morgan fingerprint density at radius 3 is 2.19 bits per heavy atom. The third kappa shape index (κ3) is 3.98. The molecule has 0 unspecified atom stereocenters. The molecule has 0 atom stereocenters. The molecule has 2 nitrogen and oxygen atoms in total. The molecule has 0 spiro atoms. The van der Waals surface area contributed by atoms with E-state index in [1.54, 1.807) is 12.1 Å². The zero-order chi connectivity index (χ0) is 15.9. The van der Waals surface area contributed by atoms with Crippen molar-refractivity contribution in [2.24, 2.45) is 16.6 Å². The first kappa shape index (κ1) is 16.8. The fourth-order valence-electron chi connectivity index (χ4n) is 4.48. The van der Waals surface area contributed by atoms with E-state index in [1.807, 2.05) is 0 Å². The lowest BCUT2D eigenvalue weighted by molar-refractivity contribution is 0.0623. The first-order chi connectivity index (χ1) is 9.56. The van der Waals surface area contributed by atoms with Gasteiger partial charge >= 0.3 is 0 Å². The van der Waals surface area contributed by atoms with Crippen molar-refractivity contribution in [3.05, 3.63) is 28.5 Å². The van der Waals surface area contributed by atoms with Crippen LogP contribution < -0.4 is 11.1 Å². The fraction of sp³-hybridized carbons (Fsp3) is 0.647. The van der Waals surface area contributed by atoms with Crippen molar-refractivity contribution in [1.29, 1.82) is 0 Å². The lowest BCUT2D eigenvalue weighted by atomic mass is 9.58. The molecule has 1 fully saturated rings. The Hall–Kier alpha value is -0.610. The number of nitrogens with two attached hydrogens (primary N) is 1. The van der Waals surface area contributed by atoms with Gasteiger partial charge in [-0.3, -0.25) is 0 Å². The topological polar surface area (TPSA) is 38.0 Å². The van der Waals surface area contributed by atoms with Gasteiger partial charge in [0, 0.05) is 12.2 Å². The summed E-state index contributed by atoms with van der Waals surface area (Å²) in [5.74, 6) is -0.244. The number of nitrogens with one attached hydrogen (secondary N) is 1. The van der Waals surface area contributed by atoms with Crippen molar-refractivity contribution in [2.75, 3.05) is 11.9 Å². The third-order valence-electron chi connectivity index (χ3n) is 4.31. The third-order valence-corrected chi connectivity index (χ3v) is 4.92. The van der Waals surface area contributed by atoms with Crippen LogP contribution in [0.25, 0.3) is 0 Å². The summed E-state index contributed by atoms with van der Waals surface area (Å²) in [5, 5.41) is 3.60. The van der Waals surface area contributed by atoms with Crippen LogP contribution in [-0.2, 0) is 0 Å². The number of halogens is 2. The minimum atomic E-state index is -0.244. The van der Waals surface area contributed by atoms with Crippen molar-refractivity contribution in [1.82, 2.24) is 0 Å². The molecule has 1 aliphatic carbocycles. The molecule has 1 aromatic rings. The summed E-state index contributed by atoms with van der Waals surface area (Å²) in [4.78, 5) is 0. The minimum Gasteiger partial charge on any atom is -0.378 e. The summed E-state index contributed by atoms with van der Waals surface area (Å²) < 4.78 is 13.9. The molecule has 1 aromatic carbocycles. The number of hydrogen-bond acceptors (Lipinski definition) is 2. The Balaban J connectivity index is 2.30. The molecule has 21 heavy (non-hydrogen) atoms. The van der Waals surface area contributed by atoms with E-state index in [9.17, 15) is 4.39 Å². The van der Waals surface area contributed by atoms with Crippen LogP contribution in [0, 0.1) is 16.6 Å². The maximum absolute atomic E-state index is 13.4. The molecule has 0 heterocycles. The van der Waals surface area contributed by atoms with E-state index < -0.39 is 0 Å². The standard InChI is InChI=1S/C17H26BrFN2/c1-15(2)8-16(3,4)10-17(9-15,11-20)21-12-5-6-14(19)13(18)7-12/h5-7,21H,8-11,20H2,1-4H3. The van der Waals surface area contributed by atoms with Crippen LogP contribution in [0.1, 0.15) is 47.0 Å². The van der Waals surface area contributed by atoms with Crippen LogP contribution in [0.15, 0.2) is 22.7 Å². The van der Waals surface area contributed by atoms with Gasteiger partial charge in [-0.25, -0.2) is 4.39 Å². The van der Waals surface area contributed by atoms with Gasteiger partial charge in [-0.1, -0.05) is 27.7 Å². The molecule has 0 saturated heterocycles. The highest BCUT2D eigenvalue weighted by Crippen LogP contribution is 2.50. The maximum Gasteiger partial charge on any atom is 0.137 e. The summed E-state index contributed by atoms with van der Waals surface area (Å²) in [6.07, 6.45) is 3.24. The minimum absolute atomic E-state index is 0.136. The highest BCUT2D eigenvalue weighted by molar-refractivity contribution is 9.10. The van der Waals surface area contributed by atoms with E-state index in [-0.39, 0.29) is 22.2 Å². The Morgan fingerprint density at radius 2 is 1.71 bits per heavy atom. The summed E-state index contributed by atoms with van der Waals surface area (Å²) in [6, 6.07) is 5.06. The summed E-state index contributed by atoms with van der Waals surface area (Å²) in [7, 11) is 0. The zero-order valence-corrected chi connectivity index (χ0v) is 15.0. The average molecular weight is 357 g/mol. The van der Waals surface area contributed by atoms with Crippen LogP contribution in [0.5, 0.6) is 0 Å². The molecule has 3 N–H and O–H groups in total. The molecule has 0 bridgehead atoms. The highest BCUT2D eigenvalue weighted by atomic mass is 79.9. The van der Waals surface area contributed by atoms with E-state index >= 15 is 0 Å². The molecule has 1 saturated carbocycles. The van der Waals surface area contributed by atoms with E-state index in [1.165, 1.54) is 12.5 Å². The van der Waals surface area contributed by atoms with Crippen molar-refractivity contribution < 1.29 is 4.39 Å². The quantitative estimate of drug-likeness (QED) is 0.805. The van der Waals surface area contributed by atoms with E-state index in [2.05, 4.69) is 48.9 Å². The normalized spacial score (nSPS) is 22.8. The molecule has 2 rings (SSSR count). The number of anilines is 1. The predicted molar refractivity (Wildman–Crippen MR) is 90.9 cm³/mol. The van der Waals surface area contributed by atoms with E-state index in [4.69, 9.17) is 5.73 Å². The van der Waals surface area contributed by atoms with Gasteiger partial charge in [-0.15, -0.1) is 0 Å². The average Bonchev–Trinajstić information content (AvgIpc) is 2.30. The zero-order valence-electron chi connectivity index (χ0n) is 13.4. The van der Waals surface area contributed by atoms with Gasteiger partial charge in [-0.05, 0) is 64.2 Å². The second-order valence-electron chi connectivity index (χ2n) is 8.10. The molecule has 118 valence electrons. The molecule has 0 aromatic heterocycles. The van der Waals surface area contributed by atoms with Crippen LogP contribution >= 0.6 is 15.9 Å². The Bertz CT molecular complexity index is 510. The SMILES string of the molecule is CC1(C)CC(C)(C)CC(CN)(Nc2ccc(F)c(Br)c2)C1. The van der Waals surface area contributed by atoms with Crippen molar-refractivity contribution in [3.63, 3.8) is 0 Å². The predicted octanol–water partition coefficient (Wildman–Crippen LogP) is 4.93. The van der Waals surface area contributed by atoms with Crippen molar-refractivity contribution in [2.45, 2.75) is 52.5 Å². The Labute approximate surface area is 135 Å². The van der Waals surface area contributed by atoms with Crippen molar-refractivity contribution >= 4 is 21.6 Å². The summed E-state index contributed by atoms with van der Waals surface area (Å²) >= 11 is 3.25. The Morgan fingerprint density at radius 1 is 1.14 bits per heavy atom. The molecule has 0 aliphatic heterocycles. The van der Waals surface area contributed by atoms with Gasteiger partial charge in [0.1, 0.15) is 5.82 Å². The molecular formula is C17H26BrFN2. The second-order valence-corrected chi connectivity index (χ2v) is 8.95.